The Labute approximate surface area is 120 Å². The smallest absolute Gasteiger partial charge is 0.131 e. The van der Waals surface area contributed by atoms with Crippen LogP contribution in [0.1, 0.15) is 12.5 Å². The van der Waals surface area contributed by atoms with Crippen molar-refractivity contribution in [3.05, 3.63) is 29.6 Å². The van der Waals surface area contributed by atoms with Crippen molar-refractivity contribution in [2.45, 2.75) is 19.5 Å². The molecule has 1 aliphatic rings. The van der Waals surface area contributed by atoms with Crippen LogP contribution in [0.3, 0.4) is 0 Å². The molecule has 1 aromatic carbocycles. The molecule has 1 aliphatic heterocycles. The topological polar surface area (TPSA) is 41.7 Å². The van der Waals surface area contributed by atoms with E-state index in [1.807, 2.05) is 12.1 Å². The number of hydrogen-bond donors (Lipinski definition) is 1. The molecule has 0 aliphatic carbocycles. The van der Waals surface area contributed by atoms with E-state index in [2.05, 4.69) is 16.7 Å². The molecule has 0 saturated carbocycles. The second-order valence-electron chi connectivity index (χ2n) is 5.35. The summed E-state index contributed by atoms with van der Waals surface area (Å²) < 4.78 is 18.9. The van der Waals surface area contributed by atoms with E-state index in [1.54, 1.807) is 7.11 Å². The van der Waals surface area contributed by atoms with Gasteiger partial charge < -0.3 is 10.5 Å². The Kier molecular flexibility index (Phi) is 5.34. The molecule has 5 heteroatoms. The molecule has 0 spiro atoms. The number of nitrogens with zero attached hydrogens (tertiary/aromatic N) is 2. The molecule has 2 N–H and O–H groups in total. The van der Waals surface area contributed by atoms with Crippen molar-refractivity contribution in [2.24, 2.45) is 5.73 Å². The van der Waals surface area contributed by atoms with E-state index in [0.29, 0.717) is 24.9 Å². The average molecular weight is 281 g/mol. The fourth-order valence-electron chi connectivity index (χ4n) is 2.54. The fraction of sp³-hybridized carbons (Fsp3) is 0.600. The van der Waals surface area contributed by atoms with Crippen molar-refractivity contribution in [3.8, 4) is 5.75 Å². The summed E-state index contributed by atoms with van der Waals surface area (Å²) in [5, 5.41) is 0. The van der Waals surface area contributed by atoms with Crippen LogP contribution < -0.4 is 10.5 Å². The molecule has 1 unspecified atom stereocenters. The first-order valence-electron chi connectivity index (χ1n) is 7.13. The Balaban J connectivity index is 1.89. The number of halogens is 1. The quantitative estimate of drug-likeness (QED) is 0.883. The van der Waals surface area contributed by atoms with Gasteiger partial charge in [0, 0.05) is 56.9 Å². The van der Waals surface area contributed by atoms with Gasteiger partial charge in [0.1, 0.15) is 11.6 Å². The Bertz CT molecular complexity index is 433. The molecule has 4 nitrogen and oxygen atoms in total. The zero-order valence-electron chi connectivity index (χ0n) is 12.3. The Morgan fingerprint density at radius 2 is 2.00 bits per heavy atom. The molecule has 1 atom stereocenters. The minimum absolute atomic E-state index is 0.192. The third kappa shape index (κ3) is 3.69. The number of ether oxygens (including phenoxy) is 1. The van der Waals surface area contributed by atoms with Crippen LogP contribution in [0, 0.1) is 5.82 Å². The fourth-order valence-corrected chi connectivity index (χ4v) is 2.54. The van der Waals surface area contributed by atoms with Crippen LogP contribution in [0.4, 0.5) is 4.39 Å². The molecule has 112 valence electrons. The molecule has 1 fully saturated rings. The zero-order valence-corrected chi connectivity index (χ0v) is 12.3. The normalized spacial score (nSPS) is 19.0. The highest BCUT2D eigenvalue weighted by atomic mass is 19.1. The molecule has 20 heavy (non-hydrogen) atoms. The number of nitrogens with two attached hydrogens (primary N) is 1. The Hall–Kier alpha value is -1.17. The molecule has 0 aromatic heterocycles. The molecule has 0 radical (unpaired) electrons. The minimum Gasteiger partial charge on any atom is -0.497 e. The van der Waals surface area contributed by atoms with Crippen LogP contribution in [-0.2, 0) is 6.54 Å². The highest BCUT2D eigenvalue weighted by Gasteiger charge is 2.20. The number of benzene rings is 1. The molecular formula is C15H24FN3O. The molecule has 2 rings (SSSR count). The van der Waals surface area contributed by atoms with Gasteiger partial charge in [-0.15, -0.1) is 0 Å². The Morgan fingerprint density at radius 1 is 1.30 bits per heavy atom. The summed E-state index contributed by atoms with van der Waals surface area (Å²) in [6, 6.07) is 5.49. The lowest BCUT2D eigenvalue weighted by Gasteiger charge is -2.37. The van der Waals surface area contributed by atoms with E-state index in [9.17, 15) is 4.39 Å². The van der Waals surface area contributed by atoms with Gasteiger partial charge >= 0.3 is 0 Å². The molecule has 1 aromatic rings. The van der Waals surface area contributed by atoms with Crippen LogP contribution >= 0.6 is 0 Å². The van der Waals surface area contributed by atoms with Gasteiger partial charge in [0.2, 0.25) is 0 Å². The molecule has 0 bridgehead atoms. The van der Waals surface area contributed by atoms with Crippen molar-refractivity contribution in [1.82, 2.24) is 9.80 Å². The summed E-state index contributed by atoms with van der Waals surface area (Å²) in [4.78, 5) is 4.67. The number of hydrogen-bond acceptors (Lipinski definition) is 4. The van der Waals surface area contributed by atoms with Gasteiger partial charge in [-0.3, -0.25) is 9.80 Å². The second kappa shape index (κ2) is 7.02. The van der Waals surface area contributed by atoms with Crippen LogP contribution in [0.5, 0.6) is 5.75 Å². The predicted octanol–water partition coefficient (Wildman–Crippen LogP) is 1.30. The van der Waals surface area contributed by atoms with Crippen LogP contribution in [0.2, 0.25) is 0 Å². The van der Waals surface area contributed by atoms with Gasteiger partial charge in [-0.05, 0) is 13.0 Å². The summed E-state index contributed by atoms with van der Waals surface area (Å²) in [6.07, 6.45) is 0. The van der Waals surface area contributed by atoms with Crippen molar-refractivity contribution >= 4 is 0 Å². The summed E-state index contributed by atoms with van der Waals surface area (Å²) in [6.45, 7) is 7.39. The zero-order chi connectivity index (χ0) is 14.5. The lowest BCUT2D eigenvalue weighted by molar-refractivity contribution is 0.0997. The highest BCUT2D eigenvalue weighted by Crippen LogP contribution is 2.18. The molecule has 0 amide bonds. The van der Waals surface area contributed by atoms with E-state index >= 15 is 0 Å². The van der Waals surface area contributed by atoms with Gasteiger partial charge in [-0.2, -0.15) is 0 Å². The monoisotopic (exact) mass is 281 g/mol. The molecule has 1 heterocycles. The molecule has 1 saturated heterocycles. The standard InChI is InChI=1S/C15H24FN3O/c1-12(10-17)19-7-5-18(6-8-19)11-13-3-4-14(20-2)9-15(13)16/h3-4,9,12H,5-8,10-11,17H2,1-2H3. The lowest BCUT2D eigenvalue weighted by Crippen LogP contribution is -2.51. The first-order chi connectivity index (χ1) is 9.63. The Morgan fingerprint density at radius 3 is 2.55 bits per heavy atom. The van der Waals surface area contributed by atoms with E-state index in [1.165, 1.54) is 6.07 Å². The van der Waals surface area contributed by atoms with Gasteiger partial charge in [0.15, 0.2) is 0 Å². The maximum Gasteiger partial charge on any atom is 0.131 e. The molecular weight excluding hydrogens is 257 g/mol. The second-order valence-corrected chi connectivity index (χ2v) is 5.35. The maximum atomic E-state index is 13.9. The summed E-state index contributed by atoms with van der Waals surface area (Å²) in [5.74, 6) is 0.370. The lowest BCUT2D eigenvalue weighted by atomic mass is 10.1. The van der Waals surface area contributed by atoms with Gasteiger partial charge in [0.25, 0.3) is 0 Å². The first-order valence-corrected chi connectivity index (χ1v) is 7.13. The van der Waals surface area contributed by atoms with Gasteiger partial charge in [-0.1, -0.05) is 6.07 Å². The number of piperazine rings is 1. The van der Waals surface area contributed by atoms with Crippen LogP contribution in [0.15, 0.2) is 18.2 Å². The van der Waals surface area contributed by atoms with E-state index in [0.717, 1.165) is 31.7 Å². The van der Waals surface area contributed by atoms with Gasteiger partial charge in [0.05, 0.1) is 7.11 Å². The SMILES string of the molecule is COc1ccc(CN2CCN(C(C)CN)CC2)c(F)c1. The average Bonchev–Trinajstić information content (AvgIpc) is 2.49. The summed E-state index contributed by atoms with van der Waals surface area (Å²) in [7, 11) is 1.55. The van der Waals surface area contributed by atoms with Crippen molar-refractivity contribution in [1.29, 1.82) is 0 Å². The van der Waals surface area contributed by atoms with Gasteiger partial charge in [-0.25, -0.2) is 4.39 Å². The minimum atomic E-state index is -0.192. The maximum absolute atomic E-state index is 13.9. The van der Waals surface area contributed by atoms with Crippen molar-refractivity contribution in [2.75, 3.05) is 39.8 Å². The highest BCUT2D eigenvalue weighted by molar-refractivity contribution is 5.28. The van der Waals surface area contributed by atoms with Crippen LogP contribution in [-0.4, -0.2) is 55.7 Å². The summed E-state index contributed by atoms with van der Waals surface area (Å²) in [5.41, 5.74) is 6.42. The third-order valence-electron chi connectivity index (χ3n) is 4.03. The van der Waals surface area contributed by atoms with E-state index in [4.69, 9.17) is 10.5 Å². The third-order valence-corrected chi connectivity index (χ3v) is 4.03. The number of rotatable bonds is 5. The van der Waals surface area contributed by atoms with Crippen molar-refractivity contribution < 1.29 is 9.13 Å². The van der Waals surface area contributed by atoms with Crippen LogP contribution in [0.25, 0.3) is 0 Å². The number of methoxy groups -OCH3 is 1. The summed E-state index contributed by atoms with van der Waals surface area (Å²) >= 11 is 0. The van der Waals surface area contributed by atoms with E-state index in [-0.39, 0.29) is 5.82 Å². The van der Waals surface area contributed by atoms with E-state index < -0.39 is 0 Å². The first kappa shape index (κ1) is 15.2. The predicted molar refractivity (Wildman–Crippen MR) is 78.3 cm³/mol. The van der Waals surface area contributed by atoms with Crippen molar-refractivity contribution in [3.63, 3.8) is 0 Å². The largest absolute Gasteiger partial charge is 0.497 e.